The predicted molar refractivity (Wildman–Crippen MR) is 84.6 cm³/mol. The van der Waals surface area contributed by atoms with Crippen LogP contribution in [0.25, 0.3) is 0 Å². The molecule has 0 spiro atoms. The first-order valence-corrected chi connectivity index (χ1v) is 8.19. The zero-order chi connectivity index (χ0) is 15.2. The van der Waals surface area contributed by atoms with E-state index in [1.54, 1.807) is 0 Å². The van der Waals surface area contributed by atoms with Crippen LogP contribution in [-0.2, 0) is 4.79 Å². The molecule has 1 saturated carbocycles. The number of hydrogen-bond donors (Lipinski definition) is 2. The Morgan fingerprint density at radius 1 is 1.40 bits per heavy atom. The zero-order valence-corrected chi connectivity index (χ0v) is 13.7. The summed E-state index contributed by atoms with van der Waals surface area (Å²) in [6.07, 6.45) is 6.93. The molecule has 0 aromatic rings. The minimum atomic E-state index is -0.124. The summed E-state index contributed by atoms with van der Waals surface area (Å²) in [4.78, 5) is 14.9. The first kappa shape index (κ1) is 17.4. The van der Waals surface area contributed by atoms with Gasteiger partial charge in [0.25, 0.3) is 0 Å². The van der Waals surface area contributed by atoms with E-state index in [2.05, 4.69) is 31.0 Å². The van der Waals surface area contributed by atoms with E-state index >= 15 is 0 Å². The Hall–Kier alpha value is -0.610. The maximum absolute atomic E-state index is 12.5. The van der Waals surface area contributed by atoms with Crippen LogP contribution >= 0.6 is 0 Å². The van der Waals surface area contributed by atoms with Gasteiger partial charge >= 0.3 is 0 Å². The molecule has 0 aromatic carbocycles. The fraction of sp³-hybridized carbons (Fsp3) is 0.938. The van der Waals surface area contributed by atoms with Crippen molar-refractivity contribution in [2.75, 3.05) is 13.1 Å². The molecule has 118 valence electrons. The van der Waals surface area contributed by atoms with Crippen molar-refractivity contribution in [2.45, 2.75) is 83.8 Å². The Morgan fingerprint density at radius 2 is 2.00 bits per heavy atom. The summed E-state index contributed by atoms with van der Waals surface area (Å²) in [6, 6.07) is 0.502. The molecule has 1 atom stereocenters. The van der Waals surface area contributed by atoms with E-state index in [0.29, 0.717) is 12.6 Å². The lowest BCUT2D eigenvalue weighted by Crippen LogP contribution is -2.54. The van der Waals surface area contributed by atoms with Crippen molar-refractivity contribution < 1.29 is 4.79 Å². The van der Waals surface area contributed by atoms with Crippen molar-refractivity contribution in [3.05, 3.63) is 0 Å². The molecule has 1 aliphatic rings. The fourth-order valence-electron chi connectivity index (χ4n) is 2.88. The molecule has 1 unspecified atom stereocenters. The van der Waals surface area contributed by atoms with Crippen LogP contribution in [0.4, 0.5) is 0 Å². The van der Waals surface area contributed by atoms with Gasteiger partial charge in [-0.25, -0.2) is 0 Å². The van der Waals surface area contributed by atoms with Crippen LogP contribution in [0, 0.1) is 0 Å². The van der Waals surface area contributed by atoms with E-state index in [0.717, 1.165) is 19.4 Å². The van der Waals surface area contributed by atoms with E-state index in [9.17, 15) is 4.79 Å². The second kappa shape index (κ2) is 7.99. The van der Waals surface area contributed by atoms with Crippen LogP contribution in [-0.4, -0.2) is 41.5 Å². The molecule has 1 fully saturated rings. The largest absolute Gasteiger partial charge is 0.350 e. The molecule has 0 aliphatic heterocycles. The minimum Gasteiger partial charge on any atom is -0.350 e. The molecule has 3 N–H and O–H groups in total. The number of nitrogens with one attached hydrogen (secondary N) is 1. The van der Waals surface area contributed by atoms with Gasteiger partial charge in [-0.2, -0.15) is 0 Å². The van der Waals surface area contributed by atoms with Crippen molar-refractivity contribution >= 4 is 5.91 Å². The molecule has 0 aromatic heterocycles. The smallest absolute Gasteiger partial charge is 0.237 e. The van der Waals surface area contributed by atoms with Crippen molar-refractivity contribution in [1.82, 2.24) is 10.2 Å². The maximum atomic E-state index is 12.5. The summed E-state index contributed by atoms with van der Waals surface area (Å²) < 4.78 is 0. The zero-order valence-electron chi connectivity index (χ0n) is 13.7. The number of hydrogen-bond acceptors (Lipinski definition) is 3. The third-order valence-corrected chi connectivity index (χ3v) is 4.64. The molecular weight excluding hydrogens is 250 g/mol. The van der Waals surface area contributed by atoms with E-state index in [-0.39, 0.29) is 17.5 Å². The van der Waals surface area contributed by atoms with Gasteiger partial charge in [0.15, 0.2) is 0 Å². The number of amides is 1. The van der Waals surface area contributed by atoms with Crippen LogP contribution < -0.4 is 11.1 Å². The average Bonchev–Trinajstić information content (AvgIpc) is 2.92. The van der Waals surface area contributed by atoms with Gasteiger partial charge in [-0.05, 0) is 53.0 Å². The van der Waals surface area contributed by atoms with Gasteiger partial charge in [-0.15, -0.1) is 0 Å². The lowest BCUT2D eigenvalue weighted by molar-refractivity contribution is -0.128. The number of carbonyl (C=O) groups is 1. The highest BCUT2D eigenvalue weighted by atomic mass is 16.2. The van der Waals surface area contributed by atoms with Gasteiger partial charge in [0.05, 0.1) is 6.04 Å². The average molecular weight is 283 g/mol. The predicted octanol–water partition coefficient (Wildman–Crippen LogP) is 2.27. The van der Waals surface area contributed by atoms with E-state index < -0.39 is 0 Å². The van der Waals surface area contributed by atoms with Crippen molar-refractivity contribution in [2.24, 2.45) is 5.73 Å². The Morgan fingerprint density at radius 3 is 2.50 bits per heavy atom. The van der Waals surface area contributed by atoms with Crippen LogP contribution in [0.15, 0.2) is 0 Å². The van der Waals surface area contributed by atoms with Crippen LogP contribution in [0.2, 0.25) is 0 Å². The Balaban J connectivity index is 2.65. The normalized spacial score (nSPS) is 18.5. The van der Waals surface area contributed by atoms with Gasteiger partial charge in [0.2, 0.25) is 5.91 Å². The second-order valence-electron chi connectivity index (χ2n) is 6.72. The summed E-state index contributed by atoms with van der Waals surface area (Å²) in [5.74, 6) is 0.153. The Bertz CT molecular complexity index is 298. The topological polar surface area (TPSA) is 58.4 Å². The van der Waals surface area contributed by atoms with Crippen molar-refractivity contribution in [3.8, 4) is 0 Å². The number of nitrogens with two attached hydrogens (primary N) is 1. The molecule has 1 aliphatic carbocycles. The third-order valence-electron chi connectivity index (χ3n) is 4.64. The van der Waals surface area contributed by atoms with Gasteiger partial charge in [0, 0.05) is 18.1 Å². The first-order valence-electron chi connectivity index (χ1n) is 8.19. The summed E-state index contributed by atoms with van der Waals surface area (Å²) in [6.45, 7) is 9.93. The summed E-state index contributed by atoms with van der Waals surface area (Å²) in [5, 5.41) is 3.17. The van der Waals surface area contributed by atoms with E-state index in [4.69, 9.17) is 5.73 Å². The Kier molecular flexibility index (Phi) is 6.96. The summed E-state index contributed by atoms with van der Waals surface area (Å²) >= 11 is 0. The molecule has 20 heavy (non-hydrogen) atoms. The molecule has 0 radical (unpaired) electrons. The number of rotatable bonds is 8. The maximum Gasteiger partial charge on any atom is 0.237 e. The van der Waals surface area contributed by atoms with Crippen molar-refractivity contribution in [1.29, 1.82) is 0 Å². The van der Waals surface area contributed by atoms with Gasteiger partial charge in [0.1, 0.15) is 0 Å². The first-order chi connectivity index (χ1) is 9.41. The van der Waals surface area contributed by atoms with Crippen LogP contribution in [0.1, 0.15) is 66.2 Å². The third kappa shape index (κ3) is 5.06. The van der Waals surface area contributed by atoms with Crippen LogP contribution in [0.3, 0.4) is 0 Å². The Labute approximate surface area is 124 Å². The molecular formula is C16H33N3O. The van der Waals surface area contributed by atoms with Crippen molar-refractivity contribution in [3.63, 3.8) is 0 Å². The van der Waals surface area contributed by atoms with Gasteiger partial charge < -0.3 is 11.1 Å². The van der Waals surface area contributed by atoms with E-state index in [1.165, 1.54) is 25.7 Å². The molecule has 1 rings (SSSR count). The van der Waals surface area contributed by atoms with E-state index in [1.807, 2.05) is 6.92 Å². The number of nitrogens with zero attached hydrogens (tertiary/aromatic N) is 1. The highest BCUT2D eigenvalue weighted by Gasteiger charge is 2.31. The van der Waals surface area contributed by atoms with Crippen LogP contribution in [0.5, 0.6) is 0 Å². The highest BCUT2D eigenvalue weighted by molar-refractivity contribution is 5.82. The SMILES string of the molecule is CCC(C)(C)NC(=O)C(C)N(CCCN)C1CCCC1. The lowest BCUT2D eigenvalue weighted by Gasteiger charge is -2.36. The highest BCUT2D eigenvalue weighted by Crippen LogP contribution is 2.25. The van der Waals surface area contributed by atoms with Gasteiger partial charge in [-0.3, -0.25) is 9.69 Å². The number of carbonyl (C=O) groups excluding carboxylic acids is 1. The molecule has 1 amide bonds. The molecule has 0 bridgehead atoms. The fourth-order valence-corrected chi connectivity index (χ4v) is 2.88. The van der Waals surface area contributed by atoms with Gasteiger partial charge in [-0.1, -0.05) is 19.8 Å². The minimum absolute atomic E-state index is 0.0597. The molecule has 0 heterocycles. The standard InChI is InChI=1S/C16H33N3O/c1-5-16(3,4)18-15(20)13(2)19(12-8-11-17)14-9-6-7-10-14/h13-14H,5-12,17H2,1-4H3,(H,18,20). The molecule has 0 saturated heterocycles. The summed E-state index contributed by atoms with van der Waals surface area (Å²) in [5.41, 5.74) is 5.52. The molecule has 4 heteroatoms. The lowest BCUT2D eigenvalue weighted by atomic mass is 10.0. The quantitative estimate of drug-likeness (QED) is 0.718. The summed E-state index contributed by atoms with van der Waals surface area (Å²) in [7, 11) is 0. The monoisotopic (exact) mass is 283 g/mol. The second-order valence-corrected chi connectivity index (χ2v) is 6.72. The molecule has 4 nitrogen and oxygen atoms in total.